The summed E-state index contributed by atoms with van der Waals surface area (Å²) in [5, 5.41) is 14.1. The minimum absolute atomic E-state index is 0.0812. The number of rotatable bonds is 2. The summed E-state index contributed by atoms with van der Waals surface area (Å²) in [5.41, 5.74) is 8.17. The quantitative estimate of drug-likeness (QED) is 0.754. The molecule has 134 valence electrons. The third kappa shape index (κ3) is 2.72. The summed E-state index contributed by atoms with van der Waals surface area (Å²) in [6.45, 7) is 0. The minimum Gasteiger partial charge on any atom is -0.422 e. The van der Waals surface area contributed by atoms with E-state index in [1.807, 2.05) is 36.4 Å². The van der Waals surface area contributed by atoms with E-state index in [-0.39, 0.29) is 17.0 Å². The second-order valence-electron chi connectivity index (χ2n) is 6.18. The number of aryl methyl sites for hydroxylation is 1. The number of allylic oxidation sites excluding steroid dienone is 1. The number of nitrogens with zero attached hydrogens (tertiary/aromatic N) is 3. The average Bonchev–Trinajstić information content (AvgIpc) is 2.97. The fourth-order valence-electron chi connectivity index (χ4n) is 3.36. The number of hydrogen-bond acceptors (Lipinski definition) is 4. The SMILES string of the molecule is Cn1nc(-c2ccccc2)c2c1OC(N)=C(C#N)C2c1cc(F)cc(F)c1. The summed E-state index contributed by atoms with van der Waals surface area (Å²) in [6, 6.07) is 14.5. The lowest BCUT2D eigenvalue weighted by Crippen LogP contribution is -2.22. The number of nitrogens with two attached hydrogens (primary N) is 1. The van der Waals surface area contributed by atoms with Crippen molar-refractivity contribution in [1.82, 2.24) is 9.78 Å². The third-order valence-corrected chi connectivity index (χ3v) is 4.46. The molecule has 2 aromatic carbocycles. The summed E-state index contributed by atoms with van der Waals surface area (Å²) in [5.74, 6) is -2.05. The Morgan fingerprint density at radius 2 is 1.81 bits per heavy atom. The van der Waals surface area contributed by atoms with Crippen molar-refractivity contribution in [2.45, 2.75) is 5.92 Å². The van der Waals surface area contributed by atoms with Crippen molar-refractivity contribution in [3.8, 4) is 23.2 Å². The average molecular weight is 364 g/mol. The van der Waals surface area contributed by atoms with Crippen molar-refractivity contribution >= 4 is 0 Å². The van der Waals surface area contributed by atoms with Crippen molar-refractivity contribution in [2.24, 2.45) is 12.8 Å². The van der Waals surface area contributed by atoms with Crippen LogP contribution in [0, 0.1) is 23.0 Å². The van der Waals surface area contributed by atoms with Crippen LogP contribution in [0.4, 0.5) is 8.78 Å². The molecule has 3 aromatic rings. The fraction of sp³-hybridized carbons (Fsp3) is 0.100. The number of benzene rings is 2. The Hall–Kier alpha value is -3.66. The van der Waals surface area contributed by atoms with Crippen LogP contribution in [0.5, 0.6) is 5.88 Å². The van der Waals surface area contributed by atoms with E-state index >= 15 is 0 Å². The monoisotopic (exact) mass is 364 g/mol. The maximum atomic E-state index is 13.9. The van der Waals surface area contributed by atoms with Crippen LogP contribution in [-0.2, 0) is 7.05 Å². The molecule has 2 heterocycles. The molecule has 1 atom stereocenters. The maximum Gasteiger partial charge on any atom is 0.224 e. The molecule has 5 nitrogen and oxygen atoms in total. The summed E-state index contributed by atoms with van der Waals surface area (Å²) in [7, 11) is 1.68. The molecule has 1 aliphatic heterocycles. The normalized spacial score (nSPS) is 15.9. The Bertz CT molecular complexity index is 1090. The van der Waals surface area contributed by atoms with Gasteiger partial charge in [-0.25, -0.2) is 13.5 Å². The lowest BCUT2D eigenvalue weighted by molar-refractivity contribution is 0.358. The Morgan fingerprint density at radius 3 is 2.44 bits per heavy atom. The second kappa shape index (κ2) is 6.25. The highest BCUT2D eigenvalue weighted by atomic mass is 19.1. The predicted molar refractivity (Wildman–Crippen MR) is 94.3 cm³/mol. The smallest absolute Gasteiger partial charge is 0.224 e. The summed E-state index contributed by atoms with van der Waals surface area (Å²) in [4.78, 5) is 0. The van der Waals surface area contributed by atoms with Gasteiger partial charge in [0, 0.05) is 18.7 Å². The van der Waals surface area contributed by atoms with Gasteiger partial charge < -0.3 is 10.5 Å². The van der Waals surface area contributed by atoms with E-state index in [2.05, 4.69) is 5.10 Å². The van der Waals surface area contributed by atoms with Gasteiger partial charge in [-0.3, -0.25) is 0 Å². The van der Waals surface area contributed by atoms with E-state index in [4.69, 9.17) is 10.5 Å². The number of ether oxygens (including phenoxy) is 1. The van der Waals surface area contributed by atoms with Gasteiger partial charge in [0.05, 0.1) is 11.5 Å². The standard InChI is InChI=1S/C20H14F2N4O/c1-26-20-17(18(25-26)11-5-3-2-4-6-11)16(15(10-23)19(24)27-20)12-7-13(21)9-14(22)8-12/h2-9,16H,24H2,1H3. The Morgan fingerprint density at radius 1 is 1.15 bits per heavy atom. The van der Waals surface area contributed by atoms with E-state index in [0.717, 1.165) is 11.6 Å². The van der Waals surface area contributed by atoms with Crippen LogP contribution in [0.3, 0.4) is 0 Å². The van der Waals surface area contributed by atoms with Crippen molar-refractivity contribution in [3.63, 3.8) is 0 Å². The molecule has 4 rings (SSSR count). The van der Waals surface area contributed by atoms with E-state index in [1.165, 1.54) is 16.8 Å². The zero-order valence-corrected chi connectivity index (χ0v) is 14.3. The molecular formula is C20H14F2N4O. The van der Waals surface area contributed by atoms with Crippen LogP contribution in [0.25, 0.3) is 11.3 Å². The first-order valence-electron chi connectivity index (χ1n) is 8.15. The van der Waals surface area contributed by atoms with Gasteiger partial charge in [0.25, 0.3) is 0 Å². The van der Waals surface area contributed by atoms with Crippen molar-refractivity contribution in [1.29, 1.82) is 5.26 Å². The highest BCUT2D eigenvalue weighted by molar-refractivity contribution is 5.71. The van der Waals surface area contributed by atoms with Crippen molar-refractivity contribution in [3.05, 3.63) is 82.7 Å². The van der Waals surface area contributed by atoms with E-state index in [9.17, 15) is 14.0 Å². The number of halogens is 2. The molecule has 0 saturated heterocycles. The summed E-state index contributed by atoms with van der Waals surface area (Å²) < 4.78 is 34.9. The molecule has 0 bridgehead atoms. The molecule has 7 heteroatoms. The topological polar surface area (TPSA) is 76.9 Å². The van der Waals surface area contributed by atoms with Gasteiger partial charge >= 0.3 is 0 Å². The number of hydrogen-bond donors (Lipinski definition) is 1. The Labute approximate surface area is 153 Å². The van der Waals surface area contributed by atoms with Crippen LogP contribution in [0.1, 0.15) is 17.0 Å². The number of aromatic nitrogens is 2. The van der Waals surface area contributed by atoms with Crippen LogP contribution in [0.2, 0.25) is 0 Å². The molecule has 0 aliphatic carbocycles. The lowest BCUT2D eigenvalue weighted by atomic mass is 9.83. The van der Waals surface area contributed by atoms with Gasteiger partial charge in [-0.1, -0.05) is 30.3 Å². The summed E-state index contributed by atoms with van der Waals surface area (Å²) in [6.07, 6.45) is 0. The Kier molecular flexibility index (Phi) is 3.89. The van der Waals surface area contributed by atoms with Gasteiger partial charge in [-0.05, 0) is 17.7 Å². The molecule has 0 saturated carbocycles. The zero-order valence-electron chi connectivity index (χ0n) is 14.3. The first-order valence-corrected chi connectivity index (χ1v) is 8.15. The summed E-state index contributed by atoms with van der Waals surface area (Å²) >= 11 is 0. The molecule has 0 fully saturated rings. The molecule has 1 aliphatic rings. The van der Waals surface area contributed by atoms with E-state index in [0.29, 0.717) is 17.1 Å². The van der Waals surface area contributed by atoms with Gasteiger partial charge in [-0.15, -0.1) is 0 Å². The molecule has 0 amide bonds. The van der Waals surface area contributed by atoms with Crippen LogP contribution in [0.15, 0.2) is 60.0 Å². The molecule has 2 N–H and O–H groups in total. The van der Waals surface area contributed by atoms with E-state index in [1.54, 1.807) is 7.05 Å². The third-order valence-electron chi connectivity index (χ3n) is 4.46. The van der Waals surface area contributed by atoms with Crippen LogP contribution < -0.4 is 10.5 Å². The largest absolute Gasteiger partial charge is 0.422 e. The fourth-order valence-corrected chi connectivity index (χ4v) is 3.36. The first-order chi connectivity index (χ1) is 13.0. The van der Waals surface area contributed by atoms with Gasteiger partial charge in [0.15, 0.2) is 0 Å². The van der Waals surface area contributed by atoms with Gasteiger partial charge in [0.1, 0.15) is 29.0 Å². The molecule has 27 heavy (non-hydrogen) atoms. The maximum absolute atomic E-state index is 13.9. The van der Waals surface area contributed by atoms with Gasteiger partial charge in [-0.2, -0.15) is 10.4 Å². The van der Waals surface area contributed by atoms with E-state index < -0.39 is 17.6 Å². The molecule has 1 unspecified atom stereocenters. The second-order valence-corrected chi connectivity index (χ2v) is 6.18. The molecule has 1 aromatic heterocycles. The minimum atomic E-state index is -0.798. The van der Waals surface area contributed by atoms with Gasteiger partial charge in [0.2, 0.25) is 11.8 Å². The molecular weight excluding hydrogens is 350 g/mol. The first kappa shape index (κ1) is 16.8. The zero-order chi connectivity index (χ0) is 19.1. The highest BCUT2D eigenvalue weighted by Gasteiger charge is 2.37. The number of nitriles is 1. The lowest BCUT2D eigenvalue weighted by Gasteiger charge is -2.25. The predicted octanol–water partition coefficient (Wildman–Crippen LogP) is 3.58. The highest BCUT2D eigenvalue weighted by Crippen LogP contribution is 2.46. The number of fused-ring (bicyclic) bond motifs is 1. The molecule has 0 spiro atoms. The van der Waals surface area contributed by atoms with Crippen molar-refractivity contribution in [2.75, 3.05) is 0 Å². The van der Waals surface area contributed by atoms with Crippen LogP contribution >= 0.6 is 0 Å². The Balaban J connectivity index is 2.03. The molecule has 0 radical (unpaired) electrons. The van der Waals surface area contributed by atoms with Crippen LogP contribution in [-0.4, -0.2) is 9.78 Å². The van der Waals surface area contributed by atoms with Crippen molar-refractivity contribution < 1.29 is 13.5 Å².